The number of hydrogen-bond donors (Lipinski definition) is 1. The van der Waals surface area contributed by atoms with E-state index in [0.29, 0.717) is 0 Å². The summed E-state index contributed by atoms with van der Waals surface area (Å²) in [5.41, 5.74) is 5.51. The zero-order valence-electron chi connectivity index (χ0n) is 10.7. The highest BCUT2D eigenvalue weighted by Gasteiger charge is 2.18. The van der Waals surface area contributed by atoms with Crippen molar-refractivity contribution < 1.29 is 0 Å². The Kier molecular flexibility index (Phi) is 3.03. The second kappa shape index (κ2) is 4.83. The standard InChI is InChI=1S/C16H18N2/c1-17-16-8-7-14-11-18(12-15(14)9-16)10-13-5-3-2-4-6-13/h2-9,17H,10-12H2,1H3. The van der Waals surface area contributed by atoms with Crippen molar-refractivity contribution >= 4 is 5.69 Å². The lowest BCUT2D eigenvalue weighted by Crippen LogP contribution is -2.15. The van der Waals surface area contributed by atoms with Gasteiger partial charge in [0.2, 0.25) is 0 Å². The number of nitrogens with zero attached hydrogens (tertiary/aromatic N) is 1. The van der Waals surface area contributed by atoms with E-state index >= 15 is 0 Å². The Morgan fingerprint density at radius 3 is 2.56 bits per heavy atom. The van der Waals surface area contributed by atoms with Crippen LogP contribution in [0.5, 0.6) is 0 Å². The molecule has 0 spiro atoms. The minimum Gasteiger partial charge on any atom is -0.388 e. The van der Waals surface area contributed by atoms with Gasteiger partial charge in [0.05, 0.1) is 0 Å². The van der Waals surface area contributed by atoms with Crippen molar-refractivity contribution in [2.75, 3.05) is 12.4 Å². The zero-order valence-corrected chi connectivity index (χ0v) is 10.7. The molecule has 1 N–H and O–H groups in total. The van der Waals surface area contributed by atoms with Gasteiger partial charge in [0, 0.05) is 32.4 Å². The molecule has 0 atom stereocenters. The Morgan fingerprint density at radius 1 is 1.00 bits per heavy atom. The monoisotopic (exact) mass is 238 g/mol. The maximum Gasteiger partial charge on any atom is 0.0341 e. The van der Waals surface area contributed by atoms with Crippen molar-refractivity contribution in [3.05, 3.63) is 65.2 Å². The first kappa shape index (κ1) is 11.3. The van der Waals surface area contributed by atoms with E-state index in [-0.39, 0.29) is 0 Å². The molecule has 1 heterocycles. The molecule has 0 fully saturated rings. The van der Waals surface area contributed by atoms with E-state index in [4.69, 9.17) is 0 Å². The lowest BCUT2D eigenvalue weighted by Gasteiger charge is -2.14. The summed E-state index contributed by atoms with van der Waals surface area (Å²) >= 11 is 0. The van der Waals surface area contributed by atoms with E-state index in [0.717, 1.165) is 19.6 Å². The van der Waals surface area contributed by atoms with E-state index in [1.807, 2.05) is 7.05 Å². The SMILES string of the molecule is CNc1ccc2c(c1)CN(Cc1ccccc1)C2. The highest BCUT2D eigenvalue weighted by atomic mass is 15.1. The molecule has 0 amide bonds. The molecule has 2 nitrogen and oxygen atoms in total. The van der Waals surface area contributed by atoms with Crippen LogP contribution in [0.3, 0.4) is 0 Å². The Labute approximate surface area is 108 Å². The Balaban J connectivity index is 1.73. The Bertz CT molecular complexity index is 534. The molecule has 0 saturated carbocycles. The van der Waals surface area contributed by atoms with Gasteiger partial charge in [-0.15, -0.1) is 0 Å². The van der Waals surface area contributed by atoms with Gasteiger partial charge >= 0.3 is 0 Å². The number of nitrogens with one attached hydrogen (secondary N) is 1. The van der Waals surface area contributed by atoms with E-state index in [9.17, 15) is 0 Å². The molecule has 1 aliphatic rings. The van der Waals surface area contributed by atoms with Crippen LogP contribution in [0.25, 0.3) is 0 Å². The summed E-state index contributed by atoms with van der Waals surface area (Å²) in [5, 5.41) is 3.20. The summed E-state index contributed by atoms with van der Waals surface area (Å²) in [6.07, 6.45) is 0. The van der Waals surface area contributed by atoms with Crippen LogP contribution >= 0.6 is 0 Å². The van der Waals surface area contributed by atoms with Crippen LogP contribution < -0.4 is 5.32 Å². The van der Waals surface area contributed by atoms with Gasteiger partial charge in [0.15, 0.2) is 0 Å². The number of anilines is 1. The van der Waals surface area contributed by atoms with Crippen molar-refractivity contribution in [1.29, 1.82) is 0 Å². The molecule has 0 unspecified atom stereocenters. The molecule has 0 radical (unpaired) electrons. The molecule has 1 aliphatic heterocycles. The molecular weight excluding hydrogens is 220 g/mol. The first-order valence-corrected chi connectivity index (χ1v) is 6.41. The minimum absolute atomic E-state index is 1.03. The lowest BCUT2D eigenvalue weighted by molar-refractivity contribution is 0.275. The van der Waals surface area contributed by atoms with Crippen molar-refractivity contribution in [2.24, 2.45) is 0 Å². The highest BCUT2D eigenvalue weighted by Crippen LogP contribution is 2.26. The van der Waals surface area contributed by atoms with Crippen molar-refractivity contribution in [3.63, 3.8) is 0 Å². The Hall–Kier alpha value is -1.80. The third-order valence-electron chi connectivity index (χ3n) is 3.53. The Morgan fingerprint density at radius 2 is 1.78 bits per heavy atom. The van der Waals surface area contributed by atoms with Crippen LogP contribution in [0, 0.1) is 0 Å². The summed E-state index contributed by atoms with van der Waals surface area (Å²) in [7, 11) is 1.97. The van der Waals surface area contributed by atoms with Crippen LogP contribution in [0.1, 0.15) is 16.7 Å². The summed E-state index contributed by atoms with van der Waals surface area (Å²) in [6, 6.07) is 17.3. The molecular formula is C16H18N2. The van der Waals surface area contributed by atoms with Crippen molar-refractivity contribution in [1.82, 2.24) is 4.90 Å². The van der Waals surface area contributed by atoms with Crippen molar-refractivity contribution in [3.8, 4) is 0 Å². The van der Waals surface area contributed by atoms with Crippen LogP contribution in [0.2, 0.25) is 0 Å². The third kappa shape index (κ3) is 2.24. The minimum atomic E-state index is 1.03. The van der Waals surface area contributed by atoms with Gasteiger partial charge in [-0.25, -0.2) is 0 Å². The first-order chi connectivity index (χ1) is 8.85. The van der Waals surface area contributed by atoms with Gasteiger partial charge in [-0.05, 0) is 28.8 Å². The largest absolute Gasteiger partial charge is 0.388 e. The number of hydrogen-bond acceptors (Lipinski definition) is 2. The fraction of sp³-hybridized carbons (Fsp3) is 0.250. The quantitative estimate of drug-likeness (QED) is 0.883. The molecule has 0 aromatic heterocycles. The number of fused-ring (bicyclic) bond motifs is 1. The molecule has 3 rings (SSSR count). The number of rotatable bonds is 3. The van der Waals surface area contributed by atoms with Crippen LogP contribution in [-0.2, 0) is 19.6 Å². The van der Waals surface area contributed by atoms with Gasteiger partial charge in [-0.1, -0.05) is 36.4 Å². The second-order valence-corrected chi connectivity index (χ2v) is 4.86. The highest BCUT2D eigenvalue weighted by molar-refractivity contribution is 5.49. The van der Waals surface area contributed by atoms with E-state index in [2.05, 4.69) is 58.7 Å². The van der Waals surface area contributed by atoms with Crippen molar-refractivity contribution in [2.45, 2.75) is 19.6 Å². The van der Waals surface area contributed by atoms with E-state index in [1.165, 1.54) is 22.4 Å². The third-order valence-corrected chi connectivity index (χ3v) is 3.53. The summed E-state index contributed by atoms with van der Waals surface area (Å²) in [5.74, 6) is 0. The van der Waals surface area contributed by atoms with Gasteiger partial charge in [0.1, 0.15) is 0 Å². The van der Waals surface area contributed by atoms with Gasteiger partial charge < -0.3 is 5.32 Å². The predicted molar refractivity (Wildman–Crippen MR) is 75.4 cm³/mol. The first-order valence-electron chi connectivity index (χ1n) is 6.41. The summed E-state index contributed by atoms with van der Waals surface area (Å²) in [4.78, 5) is 2.49. The maximum absolute atomic E-state index is 3.20. The smallest absolute Gasteiger partial charge is 0.0341 e. The van der Waals surface area contributed by atoms with E-state index in [1.54, 1.807) is 0 Å². The summed E-state index contributed by atoms with van der Waals surface area (Å²) < 4.78 is 0. The second-order valence-electron chi connectivity index (χ2n) is 4.86. The molecule has 0 saturated heterocycles. The number of benzene rings is 2. The molecule has 2 heteroatoms. The van der Waals surface area contributed by atoms with Gasteiger partial charge in [0.25, 0.3) is 0 Å². The summed E-state index contributed by atoms with van der Waals surface area (Å²) in [6.45, 7) is 3.15. The average Bonchev–Trinajstić information content (AvgIpc) is 2.80. The van der Waals surface area contributed by atoms with Gasteiger partial charge in [-0.3, -0.25) is 4.90 Å². The molecule has 0 aliphatic carbocycles. The normalized spacial score (nSPS) is 14.5. The predicted octanol–water partition coefficient (Wildman–Crippen LogP) is 3.24. The molecule has 2 aromatic rings. The molecule has 92 valence electrons. The maximum atomic E-state index is 3.20. The molecule has 0 bridgehead atoms. The lowest BCUT2D eigenvalue weighted by atomic mass is 10.1. The van der Waals surface area contributed by atoms with E-state index < -0.39 is 0 Å². The fourth-order valence-electron chi connectivity index (χ4n) is 2.57. The average molecular weight is 238 g/mol. The fourth-order valence-corrected chi connectivity index (χ4v) is 2.57. The molecule has 18 heavy (non-hydrogen) atoms. The van der Waals surface area contributed by atoms with Crippen LogP contribution in [-0.4, -0.2) is 11.9 Å². The van der Waals surface area contributed by atoms with Gasteiger partial charge in [-0.2, -0.15) is 0 Å². The van der Waals surface area contributed by atoms with Crippen LogP contribution in [0.15, 0.2) is 48.5 Å². The molecule has 2 aromatic carbocycles. The topological polar surface area (TPSA) is 15.3 Å². The zero-order chi connectivity index (χ0) is 12.4. The van der Waals surface area contributed by atoms with Crippen LogP contribution in [0.4, 0.5) is 5.69 Å².